The van der Waals surface area contributed by atoms with Gasteiger partial charge in [0, 0.05) is 25.8 Å². The minimum atomic E-state index is -0.321. The van der Waals surface area contributed by atoms with E-state index in [2.05, 4.69) is 37.9 Å². The second kappa shape index (κ2) is 11.2. The molecule has 1 amide bonds. The summed E-state index contributed by atoms with van der Waals surface area (Å²) in [6, 6.07) is 9.77. The quantitative estimate of drug-likeness (QED) is 0.515. The Kier molecular flexibility index (Phi) is 9.29. The van der Waals surface area contributed by atoms with Crippen LogP contribution in [0, 0.1) is 23.2 Å². The molecule has 0 aliphatic heterocycles. The zero-order valence-corrected chi connectivity index (χ0v) is 16.6. The van der Waals surface area contributed by atoms with Gasteiger partial charge in [-0.25, -0.2) is 0 Å². The van der Waals surface area contributed by atoms with Crippen LogP contribution in [0.25, 0.3) is 0 Å². The van der Waals surface area contributed by atoms with Gasteiger partial charge in [-0.15, -0.1) is 0 Å². The molecule has 0 unspecified atom stereocenters. The highest BCUT2D eigenvalue weighted by molar-refractivity contribution is 5.97. The van der Waals surface area contributed by atoms with Crippen molar-refractivity contribution in [2.45, 2.75) is 34.1 Å². The molecule has 0 saturated carbocycles. The predicted octanol–water partition coefficient (Wildman–Crippen LogP) is 3.38. The van der Waals surface area contributed by atoms with Gasteiger partial charge in [0.05, 0.1) is 7.11 Å². The number of amides is 1. The van der Waals surface area contributed by atoms with E-state index in [0.717, 1.165) is 24.4 Å². The number of hydrogen-bond acceptors (Lipinski definition) is 4. The van der Waals surface area contributed by atoms with Gasteiger partial charge >= 0.3 is 0 Å². The number of carbonyl (C=O) groups is 1. The maximum atomic E-state index is 12.3. The number of methoxy groups -OCH3 is 1. The van der Waals surface area contributed by atoms with E-state index in [0.29, 0.717) is 24.8 Å². The number of nitrogens with zero attached hydrogens (tertiary/aromatic N) is 2. The topological polar surface area (TPSA) is 65.4 Å². The Bertz CT molecular complexity index is 618. The highest BCUT2D eigenvalue weighted by Crippen LogP contribution is 2.11. The molecule has 5 nitrogen and oxygen atoms in total. The van der Waals surface area contributed by atoms with Gasteiger partial charge in [-0.05, 0) is 36.0 Å². The molecule has 5 heteroatoms. The van der Waals surface area contributed by atoms with Gasteiger partial charge in [-0.2, -0.15) is 5.26 Å². The standard InChI is InChI=1S/C21H31N3O2/c1-16(2)13-24(14-17(3)4)15-19(12-22)21(25)23-11-10-18-6-8-20(26-5)9-7-18/h6-9,15-17H,10-11,13-14H2,1-5H3,(H,23,25)/b19-15-. The fraction of sp³-hybridized carbons (Fsp3) is 0.524. The highest BCUT2D eigenvalue weighted by Gasteiger charge is 2.13. The molecule has 0 aromatic heterocycles. The van der Waals surface area contributed by atoms with Crippen LogP contribution in [0.15, 0.2) is 36.0 Å². The molecule has 0 atom stereocenters. The van der Waals surface area contributed by atoms with E-state index in [9.17, 15) is 10.1 Å². The summed E-state index contributed by atoms with van der Waals surface area (Å²) in [6.07, 6.45) is 2.40. The molecule has 1 rings (SSSR count). The molecular weight excluding hydrogens is 326 g/mol. The van der Waals surface area contributed by atoms with Crippen LogP contribution in [-0.4, -0.2) is 37.6 Å². The third-order valence-corrected chi connectivity index (χ3v) is 3.73. The van der Waals surface area contributed by atoms with Crippen molar-refractivity contribution >= 4 is 5.91 Å². The van der Waals surface area contributed by atoms with Crippen LogP contribution in [-0.2, 0) is 11.2 Å². The number of nitriles is 1. The molecule has 0 spiro atoms. The highest BCUT2D eigenvalue weighted by atomic mass is 16.5. The largest absolute Gasteiger partial charge is 0.497 e. The third-order valence-electron chi connectivity index (χ3n) is 3.73. The first-order valence-corrected chi connectivity index (χ1v) is 9.12. The molecule has 0 saturated heterocycles. The normalized spacial score (nSPS) is 11.4. The van der Waals surface area contributed by atoms with Gasteiger partial charge in [0.25, 0.3) is 5.91 Å². The molecule has 0 bridgehead atoms. The molecule has 1 N–H and O–H groups in total. The van der Waals surface area contributed by atoms with Crippen LogP contribution in [0.5, 0.6) is 5.75 Å². The molecule has 0 aliphatic rings. The Morgan fingerprint density at radius 1 is 1.19 bits per heavy atom. The lowest BCUT2D eigenvalue weighted by molar-refractivity contribution is -0.117. The van der Waals surface area contributed by atoms with Crippen LogP contribution in [0.3, 0.4) is 0 Å². The van der Waals surface area contributed by atoms with Crippen LogP contribution in [0.2, 0.25) is 0 Å². The second-order valence-electron chi connectivity index (χ2n) is 7.25. The Morgan fingerprint density at radius 2 is 1.77 bits per heavy atom. The molecular formula is C21H31N3O2. The van der Waals surface area contributed by atoms with Gasteiger partial charge in [0.1, 0.15) is 17.4 Å². The van der Waals surface area contributed by atoms with Gasteiger partial charge in [0.2, 0.25) is 0 Å². The van der Waals surface area contributed by atoms with Crippen molar-refractivity contribution in [3.05, 3.63) is 41.6 Å². The van der Waals surface area contributed by atoms with Crippen molar-refractivity contribution in [3.8, 4) is 11.8 Å². The van der Waals surface area contributed by atoms with Crippen molar-refractivity contribution in [1.29, 1.82) is 5.26 Å². The van der Waals surface area contributed by atoms with Gasteiger partial charge in [-0.1, -0.05) is 39.8 Å². The zero-order chi connectivity index (χ0) is 19.5. The maximum absolute atomic E-state index is 12.3. The average Bonchev–Trinajstić information content (AvgIpc) is 2.58. The summed E-state index contributed by atoms with van der Waals surface area (Å²) >= 11 is 0. The first-order chi connectivity index (χ1) is 12.3. The third kappa shape index (κ3) is 8.06. The van der Waals surface area contributed by atoms with Crippen molar-refractivity contribution < 1.29 is 9.53 Å². The summed E-state index contributed by atoms with van der Waals surface area (Å²) in [4.78, 5) is 14.4. The summed E-state index contributed by atoms with van der Waals surface area (Å²) in [5.74, 6) is 1.41. The molecule has 142 valence electrons. The minimum Gasteiger partial charge on any atom is -0.497 e. The molecule has 1 aromatic rings. The number of ether oxygens (including phenoxy) is 1. The lowest BCUT2D eigenvalue weighted by Crippen LogP contribution is -2.31. The second-order valence-corrected chi connectivity index (χ2v) is 7.25. The SMILES string of the molecule is COc1ccc(CCNC(=O)/C(C#N)=C\N(CC(C)C)CC(C)C)cc1. The lowest BCUT2D eigenvalue weighted by atomic mass is 10.1. The number of rotatable bonds is 10. The number of hydrogen-bond donors (Lipinski definition) is 1. The van der Waals surface area contributed by atoms with Crippen LogP contribution in [0.4, 0.5) is 0 Å². The van der Waals surface area contributed by atoms with Gasteiger partial charge in [-0.3, -0.25) is 4.79 Å². The van der Waals surface area contributed by atoms with Crippen molar-refractivity contribution in [2.24, 2.45) is 11.8 Å². The summed E-state index contributed by atoms with van der Waals surface area (Å²) in [6.45, 7) is 10.6. The van der Waals surface area contributed by atoms with E-state index < -0.39 is 0 Å². The summed E-state index contributed by atoms with van der Waals surface area (Å²) in [7, 11) is 1.63. The first kappa shape index (κ1) is 21.6. The van der Waals surface area contributed by atoms with Crippen LogP contribution in [0.1, 0.15) is 33.3 Å². The minimum absolute atomic E-state index is 0.154. The van der Waals surface area contributed by atoms with E-state index in [4.69, 9.17) is 4.74 Å². The molecule has 1 aromatic carbocycles. The van der Waals surface area contributed by atoms with Crippen LogP contribution < -0.4 is 10.1 Å². The smallest absolute Gasteiger partial charge is 0.263 e. The van der Waals surface area contributed by atoms with E-state index in [1.165, 1.54) is 0 Å². The van der Waals surface area contributed by atoms with E-state index in [-0.39, 0.29) is 11.5 Å². The molecule has 0 fully saturated rings. The number of carbonyl (C=O) groups excluding carboxylic acids is 1. The van der Waals surface area contributed by atoms with Crippen molar-refractivity contribution in [1.82, 2.24) is 10.2 Å². The summed E-state index contributed by atoms with van der Waals surface area (Å²) < 4.78 is 5.13. The van der Waals surface area contributed by atoms with E-state index in [1.807, 2.05) is 30.3 Å². The maximum Gasteiger partial charge on any atom is 0.263 e. The fourth-order valence-electron chi connectivity index (χ4n) is 2.65. The fourth-order valence-corrected chi connectivity index (χ4v) is 2.65. The molecule has 0 heterocycles. The summed E-state index contributed by atoms with van der Waals surface area (Å²) in [5.41, 5.74) is 1.26. The Balaban J connectivity index is 2.63. The Morgan fingerprint density at radius 3 is 2.23 bits per heavy atom. The monoisotopic (exact) mass is 357 g/mol. The Hall–Kier alpha value is -2.48. The van der Waals surface area contributed by atoms with Crippen LogP contribution >= 0.6 is 0 Å². The van der Waals surface area contributed by atoms with E-state index in [1.54, 1.807) is 13.3 Å². The molecule has 0 aliphatic carbocycles. The van der Waals surface area contributed by atoms with Crippen molar-refractivity contribution in [3.63, 3.8) is 0 Å². The zero-order valence-electron chi connectivity index (χ0n) is 16.6. The van der Waals surface area contributed by atoms with Crippen molar-refractivity contribution in [2.75, 3.05) is 26.7 Å². The predicted molar refractivity (Wildman–Crippen MR) is 105 cm³/mol. The van der Waals surface area contributed by atoms with E-state index >= 15 is 0 Å². The van der Waals surface area contributed by atoms with Gasteiger partial charge < -0.3 is 15.0 Å². The first-order valence-electron chi connectivity index (χ1n) is 9.12. The lowest BCUT2D eigenvalue weighted by Gasteiger charge is -2.25. The molecule has 26 heavy (non-hydrogen) atoms. The Labute approximate surface area is 157 Å². The van der Waals surface area contributed by atoms with Gasteiger partial charge in [0.15, 0.2) is 0 Å². The summed E-state index contributed by atoms with van der Waals surface area (Å²) in [5, 5.41) is 12.2. The number of benzene rings is 1. The average molecular weight is 357 g/mol. The molecule has 0 radical (unpaired) electrons. The number of nitrogens with one attached hydrogen (secondary N) is 1.